The highest BCUT2D eigenvalue weighted by atomic mass is 16.4. The molecule has 0 spiro atoms. The van der Waals surface area contributed by atoms with Gasteiger partial charge in [-0.05, 0) is 26.8 Å². The predicted molar refractivity (Wildman–Crippen MR) is 75.6 cm³/mol. The van der Waals surface area contributed by atoms with Crippen LogP contribution < -0.4 is 10.6 Å². The number of pyridine rings is 1. The van der Waals surface area contributed by atoms with Gasteiger partial charge >= 0.3 is 0 Å². The van der Waals surface area contributed by atoms with Gasteiger partial charge in [-0.15, -0.1) is 0 Å². The van der Waals surface area contributed by atoms with Crippen LogP contribution in [0.4, 0.5) is 5.69 Å². The van der Waals surface area contributed by atoms with Gasteiger partial charge in [-0.25, -0.2) is 4.98 Å². The minimum atomic E-state index is -0.304. The quantitative estimate of drug-likeness (QED) is 0.893. The molecule has 2 heterocycles. The van der Waals surface area contributed by atoms with Crippen molar-refractivity contribution in [1.82, 2.24) is 15.3 Å². The summed E-state index contributed by atoms with van der Waals surface area (Å²) in [5.74, 6) is 0.987. The first-order chi connectivity index (χ1) is 9.51. The zero-order chi connectivity index (χ0) is 14.7. The van der Waals surface area contributed by atoms with Crippen LogP contribution in [0.25, 0.3) is 0 Å². The second kappa shape index (κ2) is 5.73. The molecule has 0 aliphatic carbocycles. The minimum absolute atomic E-state index is 0.217. The predicted octanol–water partition coefficient (Wildman–Crippen LogP) is 2.22. The Morgan fingerprint density at radius 2 is 2.05 bits per heavy atom. The van der Waals surface area contributed by atoms with Crippen LogP contribution in [0.2, 0.25) is 0 Å². The zero-order valence-corrected chi connectivity index (χ0v) is 12.0. The molecule has 0 aliphatic rings. The van der Waals surface area contributed by atoms with E-state index >= 15 is 0 Å². The van der Waals surface area contributed by atoms with E-state index in [-0.39, 0.29) is 11.9 Å². The molecule has 2 N–H and O–H groups in total. The summed E-state index contributed by atoms with van der Waals surface area (Å²) >= 11 is 0. The van der Waals surface area contributed by atoms with Crippen molar-refractivity contribution >= 4 is 11.6 Å². The molecule has 1 amide bonds. The number of nitrogens with zero attached hydrogens (tertiary/aromatic N) is 2. The van der Waals surface area contributed by atoms with E-state index in [0.29, 0.717) is 17.2 Å². The van der Waals surface area contributed by atoms with Gasteiger partial charge in [0.05, 0.1) is 17.4 Å². The van der Waals surface area contributed by atoms with Crippen molar-refractivity contribution in [3.63, 3.8) is 0 Å². The molecule has 0 aromatic carbocycles. The summed E-state index contributed by atoms with van der Waals surface area (Å²) in [5, 5.41) is 5.84. The number of anilines is 1. The lowest BCUT2D eigenvalue weighted by Gasteiger charge is -2.13. The number of aromatic nitrogens is 2. The second-order valence-corrected chi connectivity index (χ2v) is 4.63. The Kier molecular flexibility index (Phi) is 4.02. The van der Waals surface area contributed by atoms with E-state index in [1.807, 2.05) is 26.8 Å². The fourth-order valence-electron chi connectivity index (χ4n) is 1.86. The van der Waals surface area contributed by atoms with Gasteiger partial charge in [0.25, 0.3) is 5.91 Å². The molecule has 6 heteroatoms. The van der Waals surface area contributed by atoms with Crippen molar-refractivity contribution in [3.05, 3.63) is 41.4 Å². The third-order valence-electron chi connectivity index (χ3n) is 2.91. The molecule has 20 heavy (non-hydrogen) atoms. The van der Waals surface area contributed by atoms with E-state index in [4.69, 9.17) is 4.42 Å². The Balaban J connectivity index is 2.16. The largest absolute Gasteiger partial charge is 0.444 e. The van der Waals surface area contributed by atoms with Crippen LogP contribution in [0, 0.1) is 13.8 Å². The average molecular weight is 274 g/mol. The standard InChI is InChI=1S/C14H18N4O2/c1-8-5-12(15-4)11(7-16-8)13(19)18-10(3)14-17-6-9(2)20-14/h5-7,10H,1-4H3,(H,15,16)(H,18,19). The molecule has 2 aromatic rings. The highest BCUT2D eigenvalue weighted by Crippen LogP contribution is 2.17. The van der Waals surface area contributed by atoms with E-state index in [1.54, 1.807) is 19.4 Å². The molecular weight excluding hydrogens is 256 g/mol. The van der Waals surface area contributed by atoms with Gasteiger partial charge in [0, 0.05) is 18.9 Å². The van der Waals surface area contributed by atoms with Gasteiger partial charge in [-0.3, -0.25) is 9.78 Å². The minimum Gasteiger partial charge on any atom is -0.444 e. The molecule has 0 saturated carbocycles. The number of hydrogen-bond donors (Lipinski definition) is 2. The number of aryl methyl sites for hydroxylation is 2. The number of oxazole rings is 1. The number of hydrogen-bond acceptors (Lipinski definition) is 5. The summed E-state index contributed by atoms with van der Waals surface area (Å²) in [7, 11) is 1.77. The molecule has 0 radical (unpaired) electrons. The molecule has 1 unspecified atom stereocenters. The molecule has 0 aliphatic heterocycles. The topological polar surface area (TPSA) is 80.0 Å². The molecule has 2 rings (SSSR count). The number of rotatable bonds is 4. The van der Waals surface area contributed by atoms with Crippen LogP contribution in [0.3, 0.4) is 0 Å². The summed E-state index contributed by atoms with van der Waals surface area (Å²) in [6.45, 7) is 5.51. The van der Waals surface area contributed by atoms with E-state index in [1.165, 1.54) is 0 Å². The summed E-state index contributed by atoms with van der Waals surface area (Å²) in [6.07, 6.45) is 3.19. The Hall–Kier alpha value is -2.37. The number of carbonyl (C=O) groups excluding carboxylic acids is 1. The lowest BCUT2D eigenvalue weighted by molar-refractivity contribution is 0.0934. The molecule has 0 bridgehead atoms. The maximum Gasteiger partial charge on any atom is 0.255 e. The van der Waals surface area contributed by atoms with Crippen LogP contribution in [-0.2, 0) is 0 Å². The smallest absolute Gasteiger partial charge is 0.255 e. The first-order valence-corrected chi connectivity index (χ1v) is 6.39. The Morgan fingerprint density at radius 3 is 2.65 bits per heavy atom. The van der Waals surface area contributed by atoms with Crippen molar-refractivity contribution in [2.75, 3.05) is 12.4 Å². The van der Waals surface area contributed by atoms with Crippen molar-refractivity contribution in [2.24, 2.45) is 0 Å². The van der Waals surface area contributed by atoms with E-state index in [9.17, 15) is 4.79 Å². The van der Waals surface area contributed by atoms with E-state index in [0.717, 1.165) is 11.4 Å². The molecular formula is C14H18N4O2. The lowest BCUT2D eigenvalue weighted by Crippen LogP contribution is -2.27. The fraction of sp³-hybridized carbons (Fsp3) is 0.357. The normalized spacial score (nSPS) is 12.0. The summed E-state index contributed by atoms with van der Waals surface area (Å²) in [5.41, 5.74) is 2.08. The van der Waals surface area contributed by atoms with Crippen LogP contribution in [0.5, 0.6) is 0 Å². The Morgan fingerprint density at radius 1 is 1.30 bits per heavy atom. The average Bonchev–Trinajstić information content (AvgIpc) is 2.85. The van der Waals surface area contributed by atoms with Crippen molar-refractivity contribution in [3.8, 4) is 0 Å². The molecule has 2 aromatic heterocycles. The Bertz CT molecular complexity index is 621. The Labute approximate surface area is 117 Å². The highest BCUT2D eigenvalue weighted by molar-refractivity contribution is 5.99. The summed E-state index contributed by atoms with van der Waals surface area (Å²) in [6, 6.07) is 1.52. The summed E-state index contributed by atoms with van der Waals surface area (Å²) < 4.78 is 5.40. The van der Waals surface area contributed by atoms with Crippen molar-refractivity contribution in [2.45, 2.75) is 26.8 Å². The third-order valence-corrected chi connectivity index (χ3v) is 2.91. The van der Waals surface area contributed by atoms with Crippen molar-refractivity contribution in [1.29, 1.82) is 0 Å². The van der Waals surface area contributed by atoms with Crippen LogP contribution in [0.15, 0.2) is 22.9 Å². The zero-order valence-electron chi connectivity index (χ0n) is 12.0. The maximum absolute atomic E-state index is 12.3. The van der Waals surface area contributed by atoms with Crippen LogP contribution >= 0.6 is 0 Å². The lowest BCUT2D eigenvalue weighted by atomic mass is 10.2. The van der Waals surface area contributed by atoms with Crippen LogP contribution in [-0.4, -0.2) is 22.9 Å². The van der Waals surface area contributed by atoms with Gasteiger partial charge in [-0.2, -0.15) is 0 Å². The molecule has 0 saturated heterocycles. The van der Waals surface area contributed by atoms with Gasteiger partial charge in [0.2, 0.25) is 5.89 Å². The van der Waals surface area contributed by atoms with Gasteiger partial charge in [-0.1, -0.05) is 0 Å². The monoisotopic (exact) mass is 274 g/mol. The highest BCUT2D eigenvalue weighted by Gasteiger charge is 2.18. The van der Waals surface area contributed by atoms with E-state index < -0.39 is 0 Å². The second-order valence-electron chi connectivity index (χ2n) is 4.63. The molecule has 0 fully saturated rings. The van der Waals surface area contributed by atoms with Gasteiger partial charge < -0.3 is 15.1 Å². The number of carbonyl (C=O) groups is 1. The first kappa shape index (κ1) is 14.0. The van der Waals surface area contributed by atoms with E-state index in [2.05, 4.69) is 20.6 Å². The van der Waals surface area contributed by atoms with Gasteiger partial charge in [0.1, 0.15) is 11.8 Å². The molecule has 106 valence electrons. The summed E-state index contributed by atoms with van der Waals surface area (Å²) in [4.78, 5) is 20.5. The number of nitrogens with one attached hydrogen (secondary N) is 2. The molecule has 6 nitrogen and oxygen atoms in total. The number of amides is 1. The fourth-order valence-corrected chi connectivity index (χ4v) is 1.86. The third kappa shape index (κ3) is 2.96. The SMILES string of the molecule is CNc1cc(C)ncc1C(=O)NC(C)c1ncc(C)o1. The van der Waals surface area contributed by atoms with Gasteiger partial charge in [0.15, 0.2) is 0 Å². The van der Waals surface area contributed by atoms with Crippen LogP contribution in [0.1, 0.15) is 40.7 Å². The molecule has 1 atom stereocenters. The first-order valence-electron chi connectivity index (χ1n) is 6.39. The van der Waals surface area contributed by atoms with Crippen molar-refractivity contribution < 1.29 is 9.21 Å². The maximum atomic E-state index is 12.3.